The second kappa shape index (κ2) is 5.74. The summed E-state index contributed by atoms with van der Waals surface area (Å²) in [5.41, 5.74) is 1.30. The highest BCUT2D eigenvalue weighted by molar-refractivity contribution is 5.86. The predicted molar refractivity (Wildman–Crippen MR) is 89.3 cm³/mol. The summed E-state index contributed by atoms with van der Waals surface area (Å²) in [4.78, 5) is 15.5. The molecular weight excluding hydrogens is 304 g/mol. The average Bonchev–Trinajstić information content (AvgIpc) is 3.21. The van der Waals surface area contributed by atoms with E-state index in [1.54, 1.807) is 6.92 Å². The number of aromatic carboxylic acids is 1. The van der Waals surface area contributed by atoms with Gasteiger partial charge >= 0.3 is 5.97 Å². The number of hydrogen-bond acceptors (Lipinski definition) is 4. The molecule has 0 saturated heterocycles. The Hall–Kier alpha value is -2.14. The molecule has 5 nitrogen and oxygen atoms in total. The second-order valence-corrected chi connectivity index (χ2v) is 7.10. The average molecular weight is 326 g/mol. The van der Waals surface area contributed by atoms with Gasteiger partial charge in [-0.05, 0) is 31.7 Å². The fourth-order valence-electron chi connectivity index (χ4n) is 3.71. The summed E-state index contributed by atoms with van der Waals surface area (Å²) in [6, 6.07) is 11.1. The van der Waals surface area contributed by atoms with E-state index in [4.69, 9.17) is 4.42 Å². The number of aryl methyl sites for hydroxylation is 1. The summed E-state index contributed by atoms with van der Waals surface area (Å²) in [6.07, 6.45) is 4.30. The first-order chi connectivity index (χ1) is 11.6. The van der Waals surface area contributed by atoms with Crippen LogP contribution in [0.15, 0.2) is 34.7 Å². The van der Waals surface area contributed by atoms with E-state index >= 15 is 0 Å². The molecule has 2 saturated carbocycles. The molecule has 4 rings (SSSR count). The van der Waals surface area contributed by atoms with Crippen molar-refractivity contribution >= 4 is 5.97 Å². The van der Waals surface area contributed by atoms with Gasteiger partial charge in [0.05, 0.1) is 5.41 Å². The molecule has 0 aliphatic heterocycles. The first-order valence-electron chi connectivity index (χ1n) is 8.59. The Morgan fingerprint density at radius 3 is 2.71 bits per heavy atom. The number of carboxylic acids is 1. The van der Waals surface area contributed by atoms with Crippen LogP contribution >= 0.6 is 0 Å². The van der Waals surface area contributed by atoms with Crippen LogP contribution in [0.3, 0.4) is 0 Å². The number of nitrogens with one attached hydrogen (secondary N) is 1. The molecule has 2 aliphatic carbocycles. The third kappa shape index (κ3) is 2.63. The minimum atomic E-state index is -1.02. The lowest BCUT2D eigenvalue weighted by Gasteiger charge is -2.39. The molecule has 1 aromatic carbocycles. The van der Waals surface area contributed by atoms with Crippen LogP contribution in [0.4, 0.5) is 0 Å². The predicted octanol–water partition coefficient (Wildman–Crippen LogP) is 3.25. The first kappa shape index (κ1) is 15.4. The largest absolute Gasteiger partial charge is 0.476 e. The van der Waals surface area contributed by atoms with Crippen molar-refractivity contribution in [1.29, 1.82) is 0 Å². The maximum atomic E-state index is 11.2. The van der Waals surface area contributed by atoms with Crippen LogP contribution < -0.4 is 5.32 Å². The van der Waals surface area contributed by atoms with E-state index in [0.717, 1.165) is 32.2 Å². The standard InChI is InChI=1S/C19H22N2O3/c1-12-16(17(22)23)21-18(24-12)19(8-5-9-19)11-20-15-10-14(15)13-6-3-2-4-7-13/h2-4,6-7,14-15,20H,5,8-11H2,1H3,(H,22,23)/t14-,15+/m1/s1. The quantitative estimate of drug-likeness (QED) is 0.852. The van der Waals surface area contributed by atoms with Gasteiger partial charge < -0.3 is 14.8 Å². The van der Waals surface area contributed by atoms with E-state index < -0.39 is 5.97 Å². The third-order valence-corrected chi connectivity index (χ3v) is 5.48. The Kier molecular flexibility index (Phi) is 3.68. The number of benzene rings is 1. The lowest BCUT2D eigenvalue weighted by Crippen LogP contribution is -2.45. The Balaban J connectivity index is 1.43. The summed E-state index contributed by atoms with van der Waals surface area (Å²) in [6.45, 7) is 2.48. The van der Waals surface area contributed by atoms with Gasteiger partial charge in [-0.1, -0.05) is 36.8 Å². The normalized spacial score (nSPS) is 24.4. The zero-order valence-corrected chi connectivity index (χ0v) is 13.8. The summed E-state index contributed by atoms with van der Waals surface area (Å²) in [5.74, 6) is 0.561. The van der Waals surface area contributed by atoms with Gasteiger partial charge in [0.25, 0.3) is 0 Å². The molecule has 2 N–H and O–H groups in total. The van der Waals surface area contributed by atoms with Crippen LogP contribution in [-0.4, -0.2) is 28.6 Å². The molecule has 0 amide bonds. The number of carbonyl (C=O) groups is 1. The topological polar surface area (TPSA) is 75.4 Å². The van der Waals surface area contributed by atoms with E-state index in [1.165, 1.54) is 5.56 Å². The van der Waals surface area contributed by atoms with Gasteiger partial charge in [0.15, 0.2) is 5.69 Å². The zero-order chi connectivity index (χ0) is 16.7. The molecule has 24 heavy (non-hydrogen) atoms. The van der Waals surface area contributed by atoms with E-state index in [0.29, 0.717) is 23.6 Å². The highest BCUT2D eigenvalue weighted by Crippen LogP contribution is 2.46. The number of rotatable bonds is 6. The number of carboxylic acid groups (broad SMARTS) is 1. The molecule has 0 unspecified atom stereocenters. The number of nitrogens with zero attached hydrogens (tertiary/aromatic N) is 1. The first-order valence-corrected chi connectivity index (χ1v) is 8.59. The van der Waals surface area contributed by atoms with Crippen molar-refractivity contribution in [3.63, 3.8) is 0 Å². The second-order valence-electron chi connectivity index (χ2n) is 7.10. The molecule has 126 valence electrons. The van der Waals surface area contributed by atoms with Gasteiger partial charge in [0.2, 0.25) is 5.89 Å². The molecule has 2 fully saturated rings. The fourth-order valence-corrected chi connectivity index (χ4v) is 3.71. The molecule has 0 bridgehead atoms. The lowest BCUT2D eigenvalue weighted by atomic mass is 9.68. The number of oxazole rings is 1. The van der Waals surface area contributed by atoms with Gasteiger partial charge in [-0.2, -0.15) is 0 Å². The van der Waals surface area contributed by atoms with Gasteiger partial charge in [-0.15, -0.1) is 0 Å². The van der Waals surface area contributed by atoms with Crippen LogP contribution in [0.5, 0.6) is 0 Å². The highest BCUT2D eigenvalue weighted by atomic mass is 16.4. The van der Waals surface area contributed by atoms with Gasteiger partial charge in [0, 0.05) is 18.5 Å². The van der Waals surface area contributed by atoms with E-state index in [2.05, 4.69) is 34.6 Å². The molecule has 5 heteroatoms. The smallest absolute Gasteiger partial charge is 0.358 e. The molecular formula is C19H22N2O3. The lowest BCUT2D eigenvalue weighted by molar-refractivity contribution is 0.0689. The summed E-state index contributed by atoms with van der Waals surface area (Å²) < 4.78 is 5.72. The van der Waals surface area contributed by atoms with Crippen molar-refractivity contribution in [1.82, 2.24) is 10.3 Å². The van der Waals surface area contributed by atoms with Gasteiger partial charge in [-0.3, -0.25) is 0 Å². The fraction of sp³-hybridized carbons (Fsp3) is 0.474. The zero-order valence-electron chi connectivity index (χ0n) is 13.8. The van der Waals surface area contributed by atoms with E-state index in [-0.39, 0.29) is 11.1 Å². The monoisotopic (exact) mass is 326 g/mol. The van der Waals surface area contributed by atoms with Crippen molar-refractivity contribution in [3.8, 4) is 0 Å². The molecule has 0 spiro atoms. The summed E-state index contributed by atoms with van der Waals surface area (Å²) in [7, 11) is 0. The van der Waals surface area contributed by atoms with Crippen molar-refractivity contribution < 1.29 is 14.3 Å². The molecule has 2 aliphatic rings. The maximum absolute atomic E-state index is 11.2. The van der Waals surface area contributed by atoms with Crippen molar-refractivity contribution in [2.75, 3.05) is 6.54 Å². The maximum Gasteiger partial charge on any atom is 0.358 e. The number of hydrogen-bond donors (Lipinski definition) is 2. The van der Waals surface area contributed by atoms with E-state index in [1.807, 2.05) is 6.07 Å². The SMILES string of the molecule is Cc1oc(C2(CN[C@H]3C[C@@H]3c3ccccc3)CCC2)nc1C(=O)O. The molecule has 2 aromatic rings. The highest BCUT2D eigenvalue weighted by Gasteiger charge is 2.46. The molecule has 2 atom stereocenters. The Bertz CT molecular complexity index is 749. The molecule has 1 heterocycles. The van der Waals surface area contributed by atoms with Gasteiger partial charge in [-0.25, -0.2) is 9.78 Å². The minimum absolute atomic E-state index is 0.0462. The van der Waals surface area contributed by atoms with Crippen LogP contribution in [0.1, 0.15) is 59.3 Å². The third-order valence-electron chi connectivity index (χ3n) is 5.48. The molecule has 1 aromatic heterocycles. The van der Waals surface area contributed by atoms with Crippen molar-refractivity contribution in [2.45, 2.75) is 50.0 Å². The van der Waals surface area contributed by atoms with Crippen LogP contribution in [0, 0.1) is 6.92 Å². The molecule has 0 radical (unpaired) electrons. The van der Waals surface area contributed by atoms with Crippen LogP contribution in [-0.2, 0) is 5.41 Å². The summed E-state index contributed by atoms with van der Waals surface area (Å²) in [5, 5.41) is 12.8. The Labute approximate surface area is 141 Å². The summed E-state index contributed by atoms with van der Waals surface area (Å²) >= 11 is 0. The van der Waals surface area contributed by atoms with Crippen molar-refractivity contribution in [3.05, 3.63) is 53.2 Å². The van der Waals surface area contributed by atoms with Crippen LogP contribution in [0.2, 0.25) is 0 Å². The Morgan fingerprint density at radius 1 is 1.38 bits per heavy atom. The minimum Gasteiger partial charge on any atom is -0.476 e. The Morgan fingerprint density at radius 2 is 2.12 bits per heavy atom. The van der Waals surface area contributed by atoms with Crippen LogP contribution in [0.25, 0.3) is 0 Å². The van der Waals surface area contributed by atoms with Crippen molar-refractivity contribution in [2.24, 2.45) is 0 Å². The van der Waals surface area contributed by atoms with Gasteiger partial charge in [0.1, 0.15) is 5.76 Å². The van der Waals surface area contributed by atoms with E-state index in [9.17, 15) is 9.90 Å². The number of aromatic nitrogens is 1.